The second-order valence-corrected chi connectivity index (χ2v) is 5.22. The molecule has 3 atom stereocenters. The van der Waals surface area contributed by atoms with Gasteiger partial charge in [0, 0.05) is 19.4 Å². The summed E-state index contributed by atoms with van der Waals surface area (Å²) in [6.45, 7) is -0.706. The summed E-state index contributed by atoms with van der Waals surface area (Å²) in [7, 11) is 0. The molecular formula is C12H16FN5O4. The molecule has 2 aromatic heterocycles. The smallest absolute Gasteiger partial charge is 0.312 e. The van der Waals surface area contributed by atoms with Crippen molar-refractivity contribution in [2.24, 2.45) is 0 Å². The van der Waals surface area contributed by atoms with Crippen LogP contribution in [0.4, 0.5) is 10.2 Å². The third kappa shape index (κ3) is 2.20. The first-order valence-corrected chi connectivity index (χ1v) is 6.74. The second kappa shape index (κ2) is 5.39. The molecule has 9 nitrogen and oxygen atoms in total. The molecule has 1 aliphatic heterocycles. The molecule has 0 aliphatic carbocycles. The largest absolute Gasteiger partial charge is 0.396 e. The number of aliphatic hydroxyl groups excluding tert-OH is 3. The lowest BCUT2D eigenvalue weighted by atomic mass is 9.94. The number of nitrogens with two attached hydrogens (primary N) is 1. The zero-order valence-electron chi connectivity index (χ0n) is 11.6. The van der Waals surface area contributed by atoms with Gasteiger partial charge in [-0.2, -0.15) is 14.4 Å². The number of nitrogens with zero attached hydrogens (tertiary/aromatic N) is 4. The van der Waals surface area contributed by atoms with E-state index in [1.165, 1.54) is 10.9 Å². The molecule has 0 bridgehead atoms. The number of halogens is 1. The molecule has 1 fully saturated rings. The van der Waals surface area contributed by atoms with Crippen LogP contribution < -0.4 is 5.73 Å². The molecule has 0 amide bonds. The maximum Gasteiger partial charge on any atom is 0.312 e. The molecule has 2 aromatic rings. The van der Waals surface area contributed by atoms with Crippen molar-refractivity contribution in [1.29, 1.82) is 0 Å². The molecule has 0 spiro atoms. The predicted octanol–water partition coefficient (Wildman–Crippen LogP) is -1.06. The topological polar surface area (TPSA) is 140 Å². The number of hydrogen-bond acceptors (Lipinski definition) is 8. The van der Waals surface area contributed by atoms with Crippen LogP contribution in [0.3, 0.4) is 0 Å². The number of rotatable bonds is 4. The summed E-state index contributed by atoms with van der Waals surface area (Å²) in [6, 6.07) is 0. The Balaban J connectivity index is 1.99. The van der Waals surface area contributed by atoms with Crippen LogP contribution in [0.15, 0.2) is 6.33 Å². The lowest BCUT2D eigenvalue weighted by molar-refractivity contribution is -0.135. The van der Waals surface area contributed by atoms with Crippen LogP contribution in [-0.2, 0) is 4.74 Å². The number of imidazole rings is 1. The molecule has 0 radical (unpaired) electrons. The summed E-state index contributed by atoms with van der Waals surface area (Å²) in [5, 5.41) is 28.8. The van der Waals surface area contributed by atoms with E-state index in [1.54, 1.807) is 0 Å². The fourth-order valence-electron chi connectivity index (χ4n) is 2.73. The molecule has 0 unspecified atom stereocenters. The van der Waals surface area contributed by atoms with Crippen LogP contribution in [0.1, 0.15) is 19.1 Å². The fourth-order valence-corrected chi connectivity index (χ4v) is 2.73. The van der Waals surface area contributed by atoms with E-state index in [4.69, 9.17) is 15.6 Å². The average Bonchev–Trinajstić information content (AvgIpc) is 3.02. The van der Waals surface area contributed by atoms with Crippen LogP contribution in [0.5, 0.6) is 0 Å². The van der Waals surface area contributed by atoms with Crippen LogP contribution >= 0.6 is 0 Å². The third-order valence-electron chi connectivity index (χ3n) is 3.94. The predicted molar refractivity (Wildman–Crippen MR) is 72.0 cm³/mol. The molecule has 0 saturated carbocycles. The Labute approximate surface area is 124 Å². The summed E-state index contributed by atoms with van der Waals surface area (Å²) >= 11 is 0. The molecule has 5 N–H and O–H groups in total. The maximum absolute atomic E-state index is 13.4. The molecule has 1 saturated heterocycles. The number of ether oxygens (including phenoxy) is 1. The van der Waals surface area contributed by atoms with Gasteiger partial charge < -0.3 is 25.8 Å². The van der Waals surface area contributed by atoms with Crippen molar-refractivity contribution in [3.63, 3.8) is 0 Å². The summed E-state index contributed by atoms with van der Waals surface area (Å²) in [5.41, 5.74) is 4.69. The molecule has 0 aromatic carbocycles. The summed E-state index contributed by atoms with van der Waals surface area (Å²) in [4.78, 5) is 11.1. The Morgan fingerprint density at radius 2 is 2.23 bits per heavy atom. The van der Waals surface area contributed by atoms with Crippen molar-refractivity contribution in [1.82, 2.24) is 19.5 Å². The van der Waals surface area contributed by atoms with E-state index in [-0.39, 0.29) is 36.4 Å². The standard InChI is InChI=1S/C12H16FN5O4/c13-11-16-9(14)8-10(17-11)18(5-15-8)7-3-6(21)12(4-20,22-7)1-2-19/h5-7,19-21H,1-4H2,(H2,14,16,17)/t6-,7+,12+/m0/s1. The van der Waals surface area contributed by atoms with Crippen molar-refractivity contribution in [2.75, 3.05) is 18.9 Å². The van der Waals surface area contributed by atoms with Crippen molar-refractivity contribution in [3.8, 4) is 0 Å². The van der Waals surface area contributed by atoms with Gasteiger partial charge in [-0.3, -0.25) is 4.57 Å². The number of fused-ring (bicyclic) bond motifs is 1. The van der Waals surface area contributed by atoms with Gasteiger partial charge in [0.15, 0.2) is 17.0 Å². The van der Waals surface area contributed by atoms with Gasteiger partial charge in [-0.25, -0.2) is 4.98 Å². The Bertz CT molecular complexity index is 695. The van der Waals surface area contributed by atoms with Crippen LogP contribution in [0.2, 0.25) is 0 Å². The van der Waals surface area contributed by atoms with Crippen molar-refractivity contribution < 1.29 is 24.4 Å². The number of hydrogen-bond donors (Lipinski definition) is 4. The Kier molecular flexibility index (Phi) is 3.68. The number of aromatic nitrogens is 4. The first-order chi connectivity index (χ1) is 10.5. The van der Waals surface area contributed by atoms with Crippen LogP contribution in [0.25, 0.3) is 11.2 Å². The van der Waals surface area contributed by atoms with Gasteiger partial charge in [0.2, 0.25) is 0 Å². The van der Waals surface area contributed by atoms with Crippen molar-refractivity contribution >= 4 is 17.0 Å². The second-order valence-electron chi connectivity index (χ2n) is 5.22. The van der Waals surface area contributed by atoms with E-state index in [1.807, 2.05) is 0 Å². The van der Waals surface area contributed by atoms with Gasteiger partial charge in [-0.05, 0) is 0 Å². The minimum atomic E-state index is -1.27. The Hall–Kier alpha value is -1.88. The molecule has 120 valence electrons. The molecular weight excluding hydrogens is 297 g/mol. The van der Waals surface area contributed by atoms with Gasteiger partial charge in [-0.1, -0.05) is 0 Å². The summed E-state index contributed by atoms with van der Waals surface area (Å²) in [6.07, 6.45) is -1.13. The maximum atomic E-state index is 13.4. The Morgan fingerprint density at radius 1 is 1.45 bits per heavy atom. The van der Waals surface area contributed by atoms with E-state index in [2.05, 4.69) is 15.0 Å². The van der Waals surface area contributed by atoms with Gasteiger partial charge >= 0.3 is 6.08 Å². The van der Waals surface area contributed by atoms with Crippen LogP contribution in [-0.4, -0.2) is 59.8 Å². The van der Waals surface area contributed by atoms with Gasteiger partial charge in [-0.15, -0.1) is 0 Å². The Morgan fingerprint density at radius 3 is 2.91 bits per heavy atom. The van der Waals surface area contributed by atoms with E-state index >= 15 is 0 Å². The van der Waals surface area contributed by atoms with Gasteiger partial charge in [0.1, 0.15) is 11.8 Å². The summed E-state index contributed by atoms with van der Waals surface area (Å²) < 4.78 is 20.5. The van der Waals surface area contributed by atoms with E-state index in [0.29, 0.717) is 0 Å². The highest BCUT2D eigenvalue weighted by Crippen LogP contribution is 2.39. The first-order valence-electron chi connectivity index (χ1n) is 6.74. The zero-order chi connectivity index (χ0) is 15.9. The van der Waals surface area contributed by atoms with E-state index in [9.17, 15) is 14.6 Å². The highest BCUT2D eigenvalue weighted by Gasteiger charge is 2.48. The van der Waals surface area contributed by atoms with Gasteiger partial charge in [0.25, 0.3) is 0 Å². The van der Waals surface area contributed by atoms with Crippen molar-refractivity contribution in [3.05, 3.63) is 12.4 Å². The first kappa shape index (κ1) is 15.0. The number of nitrogen functional groups attached to an aromatic ring is 1. The van der Waals surface area contributed by atoms with Crippen LogP contribution in [0, 0.1) is 6.08 Å². The normalized spacial score (nSPS) is 28.5. The molecule has 10 heteroatoms. The fraction of sp³-hybridized carbons (Fsp3) is 0.583. The monoisotopic (exact) mass is 313 g/mol. The average molecular weight is 313 g/mol. The molecule has 22 heavy (non-hydrogen) atoms. The molecule has 3 rings (SSSR count). The highest BCUT2D eigenvalue weighted by molar-refractivity contribution is 5.81. The number of aliphatic hydroxyl groups is 3. The zero-order valence-corrected chi connectivity index (χ0v) is 11.6. The van der Waals surface area contributed by atoms with Gasteiger partial charge in [0.05, 0.1) is 19.0 Å². The third-order valence-corrected chi connectivity index (χ3v) is 3.94. The lowest BCUT2D eigenvalue weighted by Crippen LogP contribution is -2.43. The van der Waals surface area contributed by atoms with E-state index in [0.717, 1.165) is 0 Å². The number of anilines is 1. The summed E-state index contributed by atoms with van der Waals surface area (Å²) in [5.74, 6) is -0.0939. The highest BCUT2D eigenvalue weighted by atomic mass is 19.1. The quantitative estimate of drug-likeness (QED) is 0.524. The lowest BCUT2D eigenvalue weighted by Gasteiger charge is -2.29. The van der Waals surface area contributed by atoms with Crippen molar-refractivity contribution in [2.45, 2.75) is 30.8 Å². The minimum absolute atomic E-state index is 0.0687. The minimum Gasteiger partial charge on any atom is -0.396 e. The molecule has 1 aliphatic rings. The molecule has 3 heterocycles. The van der Waals surface area contributed by atoms with E-state index < -0.39 is 30.6 Å². The SMILES string of the molecule is Nc1nc(F)nc2c1ncn2[C@H]1C[C@H](O)[C@](CO)(CCO)O1.